The predicted octanol–water partition coefficient (Wildman–Crippen LogP) is 11.7. The van der Waals surface area contributed by atoms with Gasteiger partial charge in [-0.15, -0.1) is 0 Å². The molecule has 0 amide bonds. The van der Waals surface area contributed by atoms with Crippen molar-refractivity contribution in [3.05, 3.63) is 164 Å². The van der Waals surface area contributed by atoms with Crippen molar-refractivity contribution in [1.82, 2.24) is 15.0 Å². The van der Waals surface area contributed by atoms with Crippen LogP contribution in [0.1, 0.15) is 0 Å². The van der Waals surface area contributed by atoms with E-state index in [1.165, 1.54) is 76.8 Å². The average Bonchev–Trinajstić information content (AvgIpc) is 3.16. The van der Waals surface area contributed by atoms with Gasteiger partial charge in [0.15, 0.2) is 0 Å². The maximum Gasteiger partial charge on any atom is 0.0702 e. The Bertz CT molecular complexity index is 2740. The molecular weight excluding hydrogens is 583 g/mol. The molecule has 0 bridgehead atoms. The van der Waals surface area contributed by atoms with E-state index in [9.17, 15) is 0 Å². The lowest BCUT2D eigenvalue weighted by Crippen LogP contribution is -1.91. The fraction of sp³-hybridized carbons (Fsp3) is 0. The average molecular weight is 610 g/mol. The van der Waals surface area contributed by atoms with E-state index in [0.29, 0.717) is 0 Å². The molecule has 48 heavy (non-hydrogen) atoms. The summed E-state index contributed by atoms with van der Waals surface area (Å²) >= 11 is 0. The molecule has 3 nitrogen and oxygen atoms in total. The number of rotatable bonds is 4. The van der Waals surface area contributed by atoms with Crippen molar-refractivity contribution in [3.8, 4) is 44.5 Å². The van der Waals surface area contributed by atoms with Crippen LogP contribution in [0.3, 0.4) is 0 Å². The zero-order chi connectivity index (χ0) is 31.6. The highest BCUT2D eigenvalue weighted by atomic mass is 14.6. The third-order valence-corrected chi connectivity index (χ3v) is 9.77. The summed E-state index contributed by atoms with van der Waals surface area (Å²) in [5.74, 6) is 0. The first-order valence-corrected chi connectivity index (χ1v) is 16.2. The van der Waals surface area contributed by atoms with E-state index in [0.717, 1.165) is 21.8 Å². The number of fused-ring (bicyclic) bond motifs is 2. The molecule has 0 fully saturated rings. The molecule has 0 unspecified atom stereocenters. The Kier molecular flexibility index (Phi) is 5.87. The van der Waals surface area contributed by atoms with Gasteiger partial charge in [0.1, 0.15) is 0 Å². The maximum atomic E-state index is 4.57. The minimum atomic E-state index is 0.998. The van der Waals surface area contributed by atoms with Crippen LogP contribution in [-0.4, -0.2) is 15.0 Å². The Hall–Kier alpha value is -6.45. The normalized spacial score (nSPS) is 11.8. The van der Waals surface area contributed by atoms with Gasteiger partial charge in [-0.1, -0.05) is 72.8 Å². The van der Waals surface area contributed by atoms with Gasteiger partial charge < -0.3 is 0 Å². The molecule has 3 aromatic heterocycles. The van der Waals surface area contributed by atoms with Crippen LogP contribution < -0.4 is 0 Å². The second-order valence-corrected chi connectivity index (χ2v) is 12.5. The summed E-state index contributed by atoms with van der Waals surface area (Å²) in [7, 11) is 0. The molecule has 10 aromatic rings. The summed E-state index contributed by atoms with van der Waals surface area (Å²) in [6, 6.07) is 50.8. The smallest absolute Gasteiger partial charge is 0.0702 e. The molecule has 3 heterocycles. The van der Waals surface area contributed by atoms with Gasteiger partial charge in [0.05, 0.1) is 11.0 Å². The van der Waals surface area contributed by atoms with Crippen molar-refractivity contribution in [1.29, 1.82) is 0 Å². The maximum absolute atomic E-state index is 4.57. The fourth-order valence-electron chi connectivity index (χ4n) is 7.46. The van der Waals surface area contributed by atoms with E-state index in [2.05, 4.69) is 142 Å². The van der Waals surface area contributed by atoms with Crippen LogP contribution in [0.4, 0.5) is 0 Å². The van der Waals surface area contributed by atoms with Gasteiger partial charge in [0, 0.05) is 35.6 Å². The van der Waals surface area contributed by atoms with E-state index in [1.54, 1.807) is 0 Å². The first kappa shape index (κ1) is 26.7. The fourth-order valence-corrected chi connectivity index (χ4v) is 7.46. The topological polar surface area (TPSA) is 38.7 Å². The Morgan fingerprint density at radius 2 is 0.812 bits per heavy atom. The molecule has 3 heteroatoms. The monoisotopic (exact) mass is 609 g/mol. The Balaban J connectivity index is 1.23. The van der Waals surface area contributed by atoms with E-state index in [4.69, 9.17) is 0 Å². The van der Waals surface area contributed by atoms with E-state index in [-0.39, 0.29) is 0 Å². The van der Waals surface area contributed by atoms with Crippen LogP contribution in [0, 0.1) is 0 Å². The number of hydrogen-bond donors (Lipinski definition) is 0. The summed E-state index contributed by atoms with van der Waals surface area (Å²) < 4.78 is 0. The first-order valence-electron chi connectivity index (χ1n) is 16.2. The third-order valence-electron chi connectivity index (χ3n) is 9.77. The zero-order valence-corrected chi connectivity index (χ0v) is 25.9. The molecule has 10 rings (SSSR count). The summed E-state index contributed by atoms with van der Waals surface area (Å²) in [5, 5.41) is 9.89. The molecular formula is C45H27N3. The minimum Gasteiger partial charge on any atom is -0.265 e. The van der Waals surface area contributed by atoms with Crippen molar-refractivity contribution in [3.63, 3.8) is 0 Å². The summed E-state index contributed by atoms with van der Waals surface area (Å²) in [6.45, 7) is 0. The van der Waals surface area contributed by atoms with Crippen LogP contribution in [-0.2, 0) is 0 Å². The quantitative estimate of drug-likeness (QED) is 0.186. The molecule has 0 atom stereocenters. The lowest BCUT2D eigenvalue weighted by Gasteiger charge is -2.18. The highest BCUT2D eigenvalue weighted by Crippen LogP contribution is 2.43. The molecule has 0 spiro atoms. The van der Waals surface area contributed by atoms with Gasteiger partial charge in [-0.3, -0.25) is 15.0 Å². The van der Waals surface area contributed by atoms with Crippen LogP contribution in [0.5, 0.6) is 0 Å². The van der Waals surface area contributed by atoms with Crippen molar-refractivity contribution in [2.45, 2.75) is 0 Å². The lowest BCUT2D eigenvalue weighted by molar-refractivity contribution is 1.33. The predicted molar refractivity (Wildman–Crippen MR) is 200 cm³/mol. The van der Waals surface area contributed by atoms with Crippen molar-refractivity contribution in [2.24, 2.45) is 0 Å². The second-order valence-electron chi connectivity index (χ2n) is 12.5. The van der Waals surface area contributed by atoms with Crippen LogP contribution in [0.15, 0.2) is 164 Å². The number of benzene rings is 7. The largest absolute Gasteiger partial charge is 0.265 e. The van der Waals surface area contributed by atoms with Crippen LogP contribution in [0.2, 0.25) is 0 Å². The molecule has 7 aromatic carbocycles. The lowest BCUT2D eigenvalue weighted by atomic mass is 9.86. The second kappa shape index (κ2) is 10.5. The molecule has 0 saturated carbocycles. The van der Waals surface area contributed by atoms with Gasteiger partial charge in [-0.2, -0.15) is 0 Å². The van der Waals surface area contributed by atoms with Gasteiger partial charge in [-0.25, -0.2) is 0 Å². The zero-order valence-electron chi connectivity index (χ0n) is 25.9. The Labute approximate surface area is 277 Å². The number of aromatic nitrogens is 3. The Morgan fingerprint density at radius 3 is 1.38 bits per heavy atom. The highest BCUT2D eigenvalue weighted by molar-refractivity contribution is 6.27. The SMILES string of the molecule is c1cnc2ccc(-c3cc(-c4ccc5ncccc5c4)cc(-c4ccc5ccc6c(-c7ccncc7)ccc7ccc4c5c76)c3)cc2c1. The van der Waals surface area contributed by atoms with Gasteiger partial charge >= 0.3 is 0 Å². The molecule has 0 aliphatic heterocycles. The first-order chi connectivity index (χ1) is 23.8. The minimum absolute atomic E-state index is 0.998. The number of nitrogens with zero attached hydrogens (tertiary/aromatic N) is 3. The Morgan fingerprint density at radius 1 is 0.312 bits per heavy atom. The molecule has 0 saturated heterocycles. The highest BCUT2D eigenvalue weighted by Gasteiger charge is 2.16. The van der Waals surface area contributed by atoms with E-state index < -0.39 is 0 Å². The van der Waals surface area contributed by atoms with Crippen molar-refractivity contribution in [2.75, 3.05) is 0 Å². The summed E-state index contributed by atoms with van der Waals surface area (Å²) in [5.41, 5.74) is 11.5. The number of hydrogen-bond acceptors (Lipinski definition) is 3. The molecule has 0 N–H and O–H groups in total. The van der Waals surface area contributed by atoms with E-state index >= 15 is 0 Å². The van der Waals surface area contributed by atoms with E-state index in [1.807, 2.05) is 36.9 Å². The third kappa shape index (κ3) is 4.25. The molecule has 0 aliphatic carbocycles. The van der Waals surface area contributed by atoms with Crippen molar-refractivity contribution >= 4 is 54.1 Å². The van der Waals surface area contributed by atoms with Crippen LogP contribution >= 0.6 is 0 Å². The molecule has 0 aliphatic rings. The van der Waals surface area contributed by atoms with Gasteiger partial charge in [0.25, 0.3) is 0 Å². The van der Waals surface area contributed by atoms with Crippen LogP contribution in [0.25, 0.3) is 98.6 Å². The molecule has 0 radical (unpaired) electrons. The van der Waals surface area contributed by atoms with Crippen molar-refractivity contribution < 1.29 is 0 Å². The summed E-state index contributed by atoms with van der Waals surface area (Å²) in [4.78, 5) is 13.4. The standard InChI is InChI=1S/C45H27N3/c1-3-33-23-31(9-15-42(33)47-19-1)35-25-36(32-10-16-43-34(24-32)4-2-20-48-43)27-37(26-35)39-12-6-30-7-13-40-38(28-17-21-46-22-18-28)11-5-29-8-14-41(39)45(30)44(29)40/h1-27H. The number of pyridine rings is 3. The molecule has 222 valence electrons. The van der Waals surface area contributed by atoms with Gasteiger partial charge in [0.2, 0.25) is 0 Å². The summed E-state index contributed by atoms with van der Waals surface area (Å²) in [6.07, 6.45) is 7.44. The van der Waals surface area contributed by atoms with Gasteiger partial charge in [-0.05, 0) is 144 Å².